The zero-order chi connectivity index (χ0) is 15.2. The second-order valence-corrected chi connectivity index (χ2v) is 5.18. The van der Waals surface area contributed by atoms with Crippen molar-refractivity contribution in [1.82, 2.24) is 4.90 Å². The molecule has 1 aliphatic rings. The molecule has 1 aromatic rings. The van der Waals surface area contributed by atoms with Crippen LogP contribution in [0, 0.1) is 0 Å². The summed E-state index contributed by atoms with van der Waals surface area (Å²) < 4.78 is 5.06. The summed E-state index contributed by atoms with van der Waals surface area (Å²) in [6.07, 6.45) is 6.61. The van der Waals surface area contributed by atoms with Crippen LogP contribution in [0.5, 0.6) is 11.5 Å². The summed E-state index contributed by atoms with van der Waals surface area (Å²) in [4.78, 5) is 13.2. The number of hydrogen-bond acceptors (Lipinski definition) is 4. The monoisotopic (exact) mass is 291 g/mol. The van der Waals surface area contributed by atoms with Gasteiger partial charge in [0.25, 0.3) is 0 Å². The Morgan fingerprint density at radius 3 is 3.00 bits per heavy atom. The molecule has 1 aliphatic heterocycles. The Labute approximate surface area is 124 Å². The average Bonchev–Trinajstić information content (AvgIpc) is 2.49. The number of rotatable bonds is 5. The molecule has 0 aromatic heterocycles. The Kier molecular flexibility index (Phi) is 5.22. The van der Waals surface area contributed by atoms with Crippen molar-refractivity contribution >= 4 is 12.0 Å². The molecule has 1 heterocycles. The molecule has 0 amide bonds. The van der Waals surface area contributed by atoms with Crippen molar-refractivity contribution in [3.05, 3.63) is 29.8 Å². The number of carbonyl (C=O) groups is 1. The topological polar surface area (TPSA) is 70.0 Å². The van der Waals surface area contributed by atoms with Crippen molar-refractivity contribution in [3.8, 4) is 11.5 Å². The summed E-state index contributed by atoms with van der Waals surface area (Å²) >= 11 is 0. The van der Waals surface area contributed by atoms with E-state index in [0.29, 0.717) is 12.3 Å². The third-order valence-electron chi connectivity index (χ3n) is 3.75. The number of likely N-dealkylation sites (tertiary alicyclic amines) is 1. The fourth-order valence-electron chi connectivity index (χ4n) is 2.61. The molecule has 21 heavy (non-hydrogen) atoms. The fraction of sp³-hybridized carbons (Fsp3) is 0.438. The van der Waals surface area contributed by atoms with E-state index in [0.717, 1.165) is 31.4 Å². The summed E-state index contributed by atoms with van der Waals surface area (Å²) in [6, 6.07) is 4.74. The van der Waals surface area contributed by atoms with Crippen LogP contribution in [-0.4, -0.2) is 47.3 Å². The number of methoxy groups -OCH3 is 1. The smallest absolute Gasteiger partial charge is 0.320 e. The number of ether oxygens (including phenoxy) is 1. The highest BCUT2D eigenvalue weighted by Crippen LogP contribution is 2.26. The van der Waals surface area contributed by atoms with Crippen LogP contribution in [0.3, 0.4) is 0 Å². The molecule has 1 aromatic carbocycles. The van der Waals surface area contributed by atoms with Gasteiger partial charge in [-0.1, -0.05) is 24.6 Å². The van der Waals surface area contributed by atoms with Crippen LogP contribution in [0.4, 0.5) is 0 Å². The Balaban J connectivity index is 1.99. The van der Waals surface area contributed by atoms with Gasteiger partial charge in [-0.15, -0.1) is 0 Å². The number of aromatic hydroxyl groups is 1. The number of phenolic OH excluding ortho intramolecular Hbond substituents is 1. The Morgan fingerprint density at radius 1 is 1.48 bits per heavy atom. The summed E-state index contributed by atoms with van der Waals surface area (Å²) in [7, 11) is 1.51. The number of carboxylic acid groups (broad SMARTS) is 1. The summed E-state index contributed by atoms with van der Waals surface area (Å²) in [5, 5.41) is 18.8. The van der Waals surface area contributed by atoms with Crippen molar-refractivity contribution < 1.29 is 19.7 Å². The number of hydrogen-bond donors (Lipinski definition) is 2. The van der Waals surface area contributed by atoms with Crippen LogP contribution in [0.25, 0.3) is 6.08 Å². The molecule has 0 saturated carbocycles. The van der Waals surface area contributed by atoms with E-state index >= 15 is 0 Å². The van der Waals surface area contributed by atoms with Gasteiger partial charge in [0.1, 0.15) is 6.04 Å². The molecule has 114 valence electrons. The standard InChI is InChI=1S/C16H21NO4/c1-21-15-11-12(7-8-14(15)18)5-4-10-17-9-3-2-6-13(17)16(19)20/h4-5,7-8,11,13,18H,2-3,6,9-10H2,1H3,(H,19,20)/b5-4+. The van der Waals surface area contributed by atoms with Gasteiger partial charge in [-0.3, -0.25) is 9.69 Å². The minimum atomic E-state index is -0.741. The van der Waals surface area contributed by atoms with E-state index < -0.39 is 5.97 Å². The van der Waals surface area contributed by atoms with Gasteiger partial charge in [0.05, 0.1) is 7.11 Å². The van der Waals surface area contributed by atoms with Gasteiger partial charge in [-0.05, 0) is 37.1 Å². The Morgan fingerprint density at radius 2 is 2.29 bits per heavy atom. The van der Waals surface area contributed by atoms with Crippen LogP contribution < -0.4 is 4.74 Å². The molecule has 5 heteroatoms. The molecule has 2 N–H and O–H groups in total. The first-order valence-electron chi connectivity index (χ1n) is 7.12. The molecule has 0 radical (unpaired) electrons. The first-order valence-corrected chi connectivity index (χ1v) is 7.12. The highest BCUT2D eigenvalue weighted by molar-refractivity contribution is 5.73. The minimum Gasteiger partial charge on any atom is -0.504 e. The second-order valence-electron chi connectivity index (χ2n) is 5.18. The van der Waals surface area contributed by atoms with Gasteiger partial charge in [0.15, 0.2) is 11.5 Å². The van der Waals surface area contributed by atoms with Crippen molar-refractivity contribution in [2.75, 3.05) is 20.2 Å². The van der Waals surface area contributed by atoms with E-state index in [9.17, 15) is 15.0 Å². The van der Waals surface area contributed by atoms with Crippen LogP contribution in [-0.2, 0) is 4.79 Å². The molecule has 0 bridgehead atoms. The van der Waals surface area contributed by atoms with E-state index in [2.05, 4.69) is 0 Å². The molecule has 0 spiro atoms. The summed E-state index contributed by atoms with van der Waals surface area (Å²) in [5.41, 5.74) is 0.911. The van der Waals surface area contributed by atoms with E-state index in [4.69, 9.17) is 4.74 Å². The van der Waals surface area contributed by atoms with E-state index in [1.165, 1.54) is 7.11 Å². The van der Waals surface area contributed by atoms with Crippen LogP contribution in [0.1, 0.15) is 24.8 Å². The van der Waals surface area contributed by atoms with Gasteiger partial charge in [0, 0.05) is 6.54 Å². The van der Waals surface area contributed by atoms with Crippen molar-refractivity contribution in [2.24, 2.45) is 0 Å². The Hall–Kier alpha value is -2.01. The third-order valence-corrected chi connectivity index (χ3v) is 3.75. The second kappa shape index (κ2) is 7.13. The molecule has 5 nitrogen and oxygen atoms in total. The van der Waals surface area contributed by atoms with Crippen LogP contribution >= 0.6 is 0 Å². The normalized spacial score (nSPS) is 19.8. The highest BCUT2D eigenvalue weighted by atomic mass is 16.5. The fourth-order valence-corrected chi connectivity index (χ4v) is 2.61. The zero-order valence-electron chi connectivity index (χ0n) is 12.2. The van der Waals surface area contributed by atoms with Gasteiger partial charge in [-0.2, -0.15) is 0 Å². The van der Waals surface area contributed by atoms with Gasteiger partial charge in [0.2, 0.25) is 0 Å². The lowest BCUT2D eigenvalue weighted by molar-refractivity contribution is -0.144. The first kappa shape index (κ1) is 15.4. The number of aliphatic carboxylic acids is 1. The number of nitrogens with zero attached hydrogens (tertiary/aromatic N) is 1. The van der Waals surface area contributed by atoms with E-state index in [-0.39, 0.29) is 11.8 Å². The number of phenols is 1. The maximum Gasteiger partial charge on any atom is 0.320 e. The maximum absolute atomic E-state index is 11.2. The van der Waals surface area contributed by atoms with Gasteiger partial charge in [-0.25, -0.2) is 0 Å². The zero-order valence-corrected chi connectivity index (χ0v) is 12.2. The quantitative estimate of drug-likeness (QED) is 0.871. The first-order chi connectivity index (χ1) is 10.1. The summed E-state index contributed by atoms with van der Waals surface area (Å²) in [6.45, 7) is 1.43. The minimum absolute atomic E-state index is 0.108. The molecule has 0 aliphatic carbocycles. The number of benzene rings is 1. The SMILES string of the molecule is COc1cc(/C=C/CN2CCCCC2C(=O)O)ccc1O. The van der Waals surface area contributed by atoms with Crippen molar-refractivity contribution in [3.63, 3.8) is 0 Å². The molecular weight excluding hydrogens is 270 g/mol. The van der Waals surface area contributed by atoms with Gasteiger partial charge >= 0.3 is 5.97 Å². The molecule has 2 rings (SSSR count). The van der Waals surface area contributed by atoms with Crippen molar-refractivity contribution in [1.29, 1.82) is 0 Å². The largest absolute Gasteiger partial charge is 0.504 e. The predicted octanol–water partition coefficient (Wildman–Crippen LogP) is 2.35. The lowest BCUT2D eigenvalue weighted by Gasteiger charge is -2.31. The highest BCUT2D eigenvalue weighted by Gasteiger charge is 2.27. The maximum atomic E-state index is 11.2. The van der Waals surface area contributed by atoms with Crippen LogP contribution in [0.2, 0.25) is 0 Å². The lowest BCUT2D eigenvalue weighted by atomic mass is 10.0. The third kappa shape index (κ3) is 3.98. The molecule has 1 atom stereocenters. The number of piperidine rings is 1. The van der Waals surface area contributed by atoms with E-state index in [1.54, 1.807) is 18.2 Å². The lowest BCUT2D eigenvalue weighted by Crippen LogP contribution is -2.44. The Bertz CT molecular complexity index is 527. The molecule has 1 unspecified atom stereocenters. The van der Waals surface area contributed by atoms with E-state index in [1.807, 2.05) is 17.1 Å². The van der Waals surface area contributed by atoms with Gasteiger partial charge < -0.3 is 14.9 Å². The average molecular weight is 291 g/mol. The van der Waals surface area contributed by atoms with Crippen LogP contribution in [0.15, 0.2) is 24.3 Å². The van der Waals surface area contributed by atoms with Crippen molar-refractivity contribution in [2.45, 2.75) is 25.3 Å². The predicted molar refractivity (Wildman–Crippen MR) is 80.5 cm³/mol. The number of carboxylic acids is 1. The molecular formula is C16H21NO4. The molecule has 1 fully saturated rings. The molecule has 1 saturated heterocycles. The summed E-state index contributed by atoms with van der Waals surface area (Å²) in [5.74, 6) is -0.204.